The van der Waals surface area contributed by atoms with Gasteiger partial charge in [0.15, 0.2) is 0 Å². The standard InChI is InChI=1S/C16H19N3O3/c1-20-15-5-3-2-4-13(15)14-6-7-16(19-18-14)17-10-12-11-21-8-9-22-12/h2-7,12H,8-11H2,1H3,(H,17,19). The van der Waals surface area contributed by atoms with Crippen LogP contribution in [0, 0.1) is 0 Å². The molecule has 6 heteroatoms. The fourth-order valence-electron chi connectivity index (χ4n) is 2.30. The zero-order chi connectivity index (χ0) is 15.2. The van der Waals surface area contributed by atoms with Crippen molar-refractivity contribution < 1.29 is 14.2 Å². The molecule has 22 heavy (non-hydrogen) atoms. The normalized spacial score (nSPS) is 18.0. The lowest BCUT2D eigenvalue weighted by atomic mass is 10.1. The van der Waals surface area contributed by atoms with Gasteiger partial charge in [0.25, 0.3) is 0 Å². The molecule has 1 saturated heterocycles. The summed E-state index contributed by atoms with van der Waals surface area (Å²) in [5.41, 5.74) is 1.70. The third-order valence-electron chi connectivity index (χ3n) is 3.44. The molecule has 1 N–H and O–H groups in total. The molecule has 1 atom stereocenters. The molecule has 116 valence electrons. The van der Waals surface area contributed by atoms with E-state index in [9.17, 15) is 0 Å². The summed E-state index contributed by atoms with van der Waals surface area (Å²) in [5, 5.41) is 11.7. The van der Waals surface area contributed by atoms with E-state index in [0.29, 0.717) is 32.2 Å². The van der Waals surface area contributed by atoms with Crippen LogP contribution >= 0.6 is 0 Å². The highest BCUT2D eigenvalue weighted by molar-refractivity contribution is 5.67. The van der Waals surface area contributed by atoms with Gasteiger partial charge in [0.1, 0.15) is 11.6 Å². The maximum absolute atomic E-state index is 5.57. The summed E-state index contributed by atoms with van der Waals surface area (Å²) in [4.78, 5) is 0. The van der Waals surface area contributed by atoms with Crippen LogP contribution in [0.2, 0.25) is 0 Å². The van der Waals surface area contributed by atoms with Crippen molar-refractivity contribution in [3.63, 3.8) is 0 Å². The van der Waals surface area contributed by atoms with Crippen LogP contribution in [0.4, 0.5) is 5.82 Å². The number of nitrogens with zero attached hydrogens (tertiary/aromatic N) is 2. The number of hydrogen-bond acceptors (Lipinski definition) is 6. The Morgan fingerprint density at radius 3 is 2.82 bits per heavy atom. The van der Waals surface area contributed by atoms with Crippen LogP contribution in [-0.2, 0) is 9.47 Å². The van der Waals surface area contributed by atoms with Gasteiger partial charge in [-0.1, -0.05) is 12.1 Å². The SMILES string of the molecule is COc1ccccc1-c1ccc(NCC2COCCO2)nn1. The highest BCUT2D eigenvalue weighted by atomic mass is 16.6. The third kappa shape index (κ3) is 3.52. The van der Waals surface area contributed by atoms with Crippen LogP contribution in [-0.4, -0.2) is 49.8 Å². The number of hydrogen-bond donors (Lipinski definition) is 1. The average molecular weight is 301 g/mol. The molecule has 0 saturated carbocycles. The molecular formula is C16H19N3O3. The zero-order valence-electron chi connectivity index (χ0n) is 12.5. The van der Waals surface area contributed by atoms with Crippen molar-refractivity contribution in [2.75, 3.05) is 38.8 Å². The first-order valence-electron chi connectivity index (χ1n) is 7.27. The number of methoxy groups -OCH3 is 1. The molecule has 1 unspecified atom stereocenters. The molecule has 0 radical (unpaired) electrons. The van der Waals surface area contributed by atoms with E-state index in [1.807, 2.05) is 36.4 Å². The Morgan fingerprint density at radius 1 is 1.18 bits per heavy atom. The predicted octanol–water partition coefficient (Wildman–Crippen LogP) is 1.98. The molecular weight excluding hydrogens is 282 g/mol. The van der Waals surface area contributed by atoms with E-state index in [-0.39, 0.29) is 6.10 Å². The molecule has 6 nitrogen and oxygen atoms in total. The Labute approximate surface area is 129 Å². The molecule has 0 amide bonds. The molecule has 1 fully saturated rings. The number of nitrogens with one attached hydrogen (secondary N) is 1. The first kappa shape index (κ1) is 14.7. The molecule has 2 aromatic rings. The molecule has 1 aromatic carbocycles. The molecule has 1 aliphatic rings. The van der Waals surface area contributed by atoms with E-state index in [2.05, 4.69) is 15.5 Å². The van der Waals surface area contributed by atoms with Crippen molar-refractivity contribution in [1.29, 1.82) is 0 Å². The average Bonchev–Trinajstić information content (AvgIpc) is 2.61. The van der Waals surface area contributed by atoms with Gasteiger partial charge in [-0.05, 0) is 24.3 Å². The predicted molar refractivity (Wildman–Crippen MR) is 83.1 cm³/mol. The Morgan fingerprint density at radius 2 is 2.09 bits per heavy atom. The minimum atomic E-state index is 0.0597. The summed E-state index contributed by atoms with van der Waals surface area (Å²) in [6.07, 6.45) is 0.0597. The number of para-hydroxylation sites is 1. The van der Waals surface area contributed by atoms with E-state index in [4.69, 9.17) is 14.2 Å². The van der Waals surface area contributed by atoms with Crippen molar-refractivity contribution in [3.8, 4) is 17.0 Å². The molecule has 0 spiro atoms. The van der Waals surface area contributed by atoms with Crippen molar-refractivity contribution >= 4 is 5.82 Å². The van der Waals surface area contributed by atoms with Crippen molar-refractivity contribution in [2.45, 2.75) is 6.10 Å². The van der Waals surface area contributed by atoms with Crippen LogP contribution < -0.4 is 10.1 Å². The monoisotopic (exact) mass is 301 g/mol. The van der Waals surface area contributed by atoms with Gasteiger partial charge in [-0.3, -0.25) is 0 Å². The van der Waals surface area contributed by atoms with Gasteiger partial charge in [0.2, 0.25) is 0 Å². The molecule has 0 bridgehead atoms. The fourth-order valence-corrected chi connectivity index (χ4v) is 2.30. The molecule has 2 heterocycles. The van der Waals surface area contributed by atoms with Gasteiger partial charge in [0, 0.05) is 12.1 Å². The zero-order valence-corrected chi connectivity index (χ0v) is 12.5. The molecule has 0 aliphatic carbocycles. The van der Waals surface area contributed by atoms with Crippen LogP contribution in [0.25, 0.3) is 11.3 Å². The first-order valence-corrected chi connectivity index (χ1v) is 7.27. The van der Waals surface area contributed by atoms with Gasteiger partial charge < -0.3 is 19.5 Å². The van der Waals surface area contributed by atoms with Gasteiger partial charge in [-0.25, -0.2) is 0 Å². The molecule has 1 aromatic heterocycles. The number of ether oxygens (including phenoxy) is 3. The number of aromatic nitrogens is 2. The van der Waals surface area contributed by atoms with E-state index in [0.717, 1.165) is 17.0 Å². The van der Waals surface area contributed by atoms with Gasteiger partial charge in [-0.15, -0.1) is 10.2 Å². The highest BCUT2D eigenvalue weighted by Crippen LogP contribution is 2.27. The summed E-state index contributed by atoms with van der Waals surface area (Å²) in [6, 6.07) is 11.6. The number of rotatable bonds is 5. The van der Waals surface area contributed by atoms with E-state index in [1.165, 1.54) is 0 Å². The quantitative estimate of drug-likeness (QED) is 0.911. The second-order valence-corrected chi connectivity index (χ2v) is 4.95. The summed E-state index contributed by atoms with van der Waals surface area (Å²) < 4.78 is 16.3. The molecule has 3 rings (SSSR count). The lowest BCUT2D eigenvalue weighted by Gasteiger charge is -2.23. The second kappa shape index (κ2) is 7.20. The van der Waals surface area contributed by atoms with Crippen molar-refractivity contribution in [1.82, 2.24) is 10.2 Å². The van der Waals surface area contributed by atoms with Crippen molar-refractivity contribution in [2.24, 2.45) is 0 Å². The Kier molecular flexibility index (Phi) is 4.82. The van der Waals surface area contributed by atoms with Crippen LogP contribution in [0.15, 0.2) is 36.4 Å². The number of anilines is 1. The van der Waals surface area contributed by atoms with Crippen LogP contribution in [0.1, 0.15) is 0 Å². The maximum Gasteiger partial charge on any atom is 0.148 e. The minimum absolute atomic E-state index is 0.0597. The van der Waals surface area contributed by atoms with Crippen molar-refractivity contribution in [3.05, 3.63) is 36.4 Å². The largest absolute Gasteiger partial charge is 0.496 e. The van der Waals surface area contributed by atoms with Crippen LogP contribution in [0.5, 0.6) is 5.75 Å². The number of benzene rings is 1. The van der Waals surface area contributed by atoms with E-state index < -0.39 is 0 Å². The second-order valence-electron chi connectivity index (χ2n) is 4.95. The van der Waals surface area contributed by atoms with Crippen LogP contribution in [0.3, 0.4) is 0 Å². The smallest absolute Gasteiger partial charge is 0.148 e. The van der Waals surface area contributed by atoms with Gasteiger partial charge >= 0.3 is 0 Å². The summed E-state index contributed by atoms with van der Waals surface area (Å²) >= 11 is 0. The fraction of sp³-hybridized carbons (Fsp3) is 0.375. The topological polar surface area (TPSA) is 65.5 Å². The van der Waals surface area contributed by atoms with Gasteiger partial charge in [-0.2, -0.15) is 0 Å². The Bertz CT molecular complexity index is 598. The Balaban J connectivity index is 1.64. The lowest BCUT2D eigenvalue weighted by molar-refractivity contribution is -0.0819. The third-order valence-corrected chi connectivity index (χ3v) is 3.44. The molecule has 1 aliphatic heterocycles. The highest BCUT2D eigenvalue weighted by Gasteiger charge is 2.14. The van der Waals surface area contributed by atoms with Gasteiger partial charge in [0.05, 0.1) is 38.7 Å². The Hall–Kier alpha value is -2.18. The minimum Gasteiger partial charge on any atom is -0.496 e. The summed E-state index contributed by atoms with van der Waals surface area (Å²) in [7, 11) is 1.65. The lowest BCUT2D eigenvalue weighted by Crippen LogP contribution is -2.34. The van der Waals surface area contributed by atoms with E-state index >= 15 is 0 Å². The summed E-state index contributed by atoms with van der Waals surface area (Å²) in [6.45, 7) is 2.58. The maximum atomic E-state index is 5.57. The summed E-state index contributed by atoms with van der Waals surface area (Å²) in [5.74, 6) is 1.50. The first-order chi connectivity index (χ1) is 10.9. The van der Waals surface area contributed by atoms with E-state index in [1.54, 1.807) is 7.11 Å².